The van der Waals surface area contributed by atoms with Crippen LogP contribution in [0.15, 0.2) is 24.3 Å². The van der Waals surface area contributed by atoms with E-state index in [-0.39, 0.29) is 18.5 Å². The Hall–Kier alpha value is -1.09. The Balaban J connectivity index is 2.21. The summed E-state index contributed by atoms with van der Waals surface area (Å²) < 4.78 is 13.0. The molecule has 0 radical (unpaired) electrons. The van der Waals surface area contributed by atoms with Crippen LogP contribution in [-0.4, -0.2) is 24.3 Å². The molecule has 0 aliphatic carbocycles. The minimum absolute atomic E-state index is 0.149. The Bertz CT molecular complexity index is 316. The lowest BCUT2D eigenvalue weighted by Gasteiger charge is -2.25. The number of nitrogens with zero attached hydrogens (tertiary/aromatic N) is 1. The summed E-state index contributed by atoms with van der Waals surface area (Å²) in [6.45, 7) is 1.06. The second kappa shape index (κ2) is 3.96. The van der Waals surface area contributed by atoms with Gasteiger partial charge in [-0.1, -0.05) is 6.07 Å². The molecule has 1 aliphatic rings. The van der Waals surface area contributed by atoms with Crippen LogP contribution >= 0.6 is 0 Å². The van der Waals surface area contributed by atoms with Crippen molar-refractivity contribution >= 4 is 5.69 Å². The zero-order valence-corrected chi connectivity index (χ0v) is 7.99. The Labute approximate surface area is 83.0 Å². The fourth-order valence-electron chi connectivity index (χ4n) is 2.02. The molecular formula is C11H14FNO. The standard InChI is InChI=1S/C11H14FNO/c12-9-3-1-4-10(7-9)13-6-2-5-11(13)8-14/h1,3-4,7,11,14H,2,5-6,8H2. The van der Waals surface area contributed by atoms with Crippen LogP contribution in [0, 0.1) is 5.82 Å². The van der Waals surface area contributed by atoms with Gasteiger partial charge in [0.25, 0.3) is 0 Å². The van der Waals surface area contributed by atoms with Crippen LogP contribution in [0.3, 0.4) is 0 Å². The number of benzene rings is 1. The van der Waals surface area contributed by atoms with E-state index in [0.717, 1.165) is 25.1 Å². The summed E-state index contributed by atoms with van der Waals surface area (Å²) in [6.07, 6.45) is 2.06. The number of rotatable bonds is 2. The third-order valence-electron chi connectivity index (χ3n) is 2.73. The van der Waals surface area contributed by atoms with E-state index in [9.17, 15) is 4.39 Å². The van der Waals surface area contributed by atoms with Gasteiger partial charge in [0.05, 0.1) is 12.6 Å². The number of halogens is 1. The molecule has 3 heteroatoms. The quantitative estimate of drug-likeness (QED) is 0.777. The van der Waals surface area contributed by atoms with Gasteiger partial charge in [-0.2, -0.15) is 0 Å². The van der Waals surface area contributed by atoms with Crippen LogP contribution < -0.4 is 4.90 Å². The van der Waals surface area contributed by atoms with Crippen molar-refractivity contribution in [1.82, 2.24) is 0 Å². The van der Waals surface area contributed by atoms with E-state index in [2.05, 4.69) is 4.90 Å². The number of hydrogen-bond donors (Lipinski definition) is 1. The van der Waals surface area contributed by atoms with Crippen molar-refractivity contribution in [2.24, 2.45) is 0 Å². The van der Waals surface area contributed by atoms with Crippen molar-refractivity contribution in [1.29, 1.82) is 0 Å². The normalized spacial score (nSPS) is 21.6. The fraction of sp³-hybridized carbons (Fsp3) is 0.455. The van der Waals surface area contributed by atoms with Crippen LogP contribution in [0.1, 0.15) is 12.8 Å². The summed E-state index contributed by atoms with van der Waals surface area (Å²) in [5.41, 5.74) is 0.876. The first-order valence-electron chi connectivity index (χ1n) is 4.94. The highest BCUT2D eigenvalue weighted by molar-refractivity contribution is 5.48. The molecule has 0 bridgehead atoms. The van der Waals surface area contributed by atoms with Crippen molar-refractivity contribution in [2.75, 3.05) is 18.1 Å². The second-order valence-electron chi connectivity index (χ2n) is 3.65. The van der Waals surface area contributed by atoms with Crippen LogP contribution in [0.2, 0.25) is 0 Å². The topological polar surface area (TPSA) is 23.5 Å². The molecule has 1 aliphatic heterocycles. The van der Waals surface area contributed by atoms with E-state index < -0.39 is 0 Å². The first kappa shape index (κ1) is 9.46. The minimum atomic E-state index is -0.217. The molecule has 0 aromatic heterocycles. The largest absolute Gasteiger partial charge is 0.394 e. The molecule has 1 aromatic rings. The lowest BCUT2D eigenvalue weighted by Crippen LogP contribution is -2.31. The molecule has 2 nitrogen and oxygen atoms in total. The maximum absolute atomic E-state index is 13.0. The van der Waals surface area contributed by atoms with Gasteiger partial charge in [-0.25, -0.2) is 4.39 Å². The van der Waals surface area contributed by atoms with E-state index >= 15 is 0 Å². The summed E-state index contributed by atoms with van der Waals surface area (Å²) in [6, 6.07) is 6.72. The zero-order valence-electron chi connectivity index (χ0n) is 7.99. The van der Waals surface area contributed by atoms with Crippen molar-refractivity contribution in [3.05, 3.63) is 30.1 Å². The number of aliphatic hydroxyl groups excluding tert-OH is 1. The van der Waals surface area contributed by atoms with E-state index in [0.29, 0.717) is 0 Å². The molecule has 1 unspecified atom stereocenters. The van der Waals surface area contributed by atoms with Gasteiger partial charge < -0.3 is 10.0 Å². The Morgan fingerprint density at radius 3 is 3.07 bits per heavy atom. The van der Waals surface area contributed by atoms with E-state index in [1.54, 1.807) is 6.07 Å². The Morgan fingerprint density at radius 1 is 1.50 bits per heavy atom. The summed E-state index contributed by atoms with van der Waals surface area (Å²) >= 11 is 0. The predicted molar refractivity (Wildman–Crippen MR) is 53.9 cm³/mol. The van der Waals surface area contributed by atoms with Crippen molar-refractivity contribution in [2.45, 2.75) is 18.9 Å². The summed E-state index contributed by atoms with van der Waals surface area (Å²) in [5, 5.41) is 9.13. The first-order chi connectivity index (χ1) is 6.81. The zero-order chi connectivity index (χ0) is 9.97. The highest BCUT2D eigenvalue weighted by Gasteiger charge is 2.23. The molecule has 1 atom stereocenters. The molecule has 0 amide bonds. The highest BCUT2D eigenvalue weighted by Crippen LogP contribution is 2.25. The lowest BCUT2D eigenvalue weighted by molar-refractivity contribution is 0.266. The predicted octanol–water partition coefficient (Wildman–Crippen LogP) is 1.79. The maximum Gasteiger partial charge on any atom is 0.125 e. The molecule has 1 fully saturated rings. The van der Waals surface area contributed by atoms with E-state index in [1.165, 1.54) is 12.1 Å². The average Bonchev–Trinajstić information content (AvgIpc) is 2.65. The van der Waals surface area contributed by atoms with E-state index in [1.807, 2.05) is 6.07 Å². The van der Waals surface area contributed by atoms with Crippen LogP contribution in [-0.2, 0) is 0 Å². The monoisotopic (exact) mass is 195 g/mol. The highest BCUT2D eigenvalue weighted by atomic mass is 19.1. The Kier molecular flexibility index (Phi) is 2.68. The van der Waals surface area contributed by atoms with Crippen LogP contribution in [0.4, 0.5) is 10.1 Å². The van der Waals surface area contributed by atoms with Crippen LogP contribution in [0.25, 0.3) is 0 Å². The Morgan fingerprint density at radius 2 is 2.36 bits per heavy atom. The molecule has 1 aromatic carbocycles. The average molecular weight is 195 g/mol. The van der Waals surface area contributed by atoms with E-state index in [4.69, 9.17) is 5.11 Å². The number of anilines is 1. The van der Waals surface area contributed by atoms with Gasteiger partial charge in [-0.05, 0) is 31.0 Å². The van der Waals surface area contributed by atoms with Gasteiger partial charge in [-0.15, -0.1) is 0 Å². The van der Waals surface area contributed by atoms with Crippen molar-refractivity contribution < 1.29 is 9.50 Å². The third kappa shape index (κ3) is 1.73. The van der Waals surface area contributed by atoms with Gasteiger partial charge in [0.15, 0.2) is 0 Å². The van der Waals surface area contributed by atoms with Gasteiger partial charge in [0.1, 0.15) is 5.82 Å². The van der Waals surface area contributed by atoms with Gasteiger partial charge in [-0.3, -0.25) is 0 Å². The maximum atomic E-state index is 13.0. The third-order valence-corrected chi connectivity index (χ3v) is 2.73. The molecule has 1 N–H and O–H groups in total. The van der Waals surface area contributed by atoms with Gasteiger partial charge >= 0.3 is 0 Å². The smallest absolute Gasteiger partial charge is 0.125 e. The molecule has 14 heavy (non-hydrogen) atoms. The summed E-state index contributed by atoms with van der Waals surface area (Å²) in [5.74, 6) is -0.217. The SMILES string of the molecule is OCC1CCCN1c1cccc(F)c1. The fourth-order valence-corrected chi connectivity index (χ4v) is 2.02. The van der Waals surface area contributed by atoms with Gasteiger partial charge in [0.2, 0.25) is 0 Å². The number of aliphatic hydroxyl groups is 1. The lowest BCUT2D eigenvalue weighted by atomic mass is 10.2. The summed E-state index contributed by atoms with van der Waals surface area (Å²) in [4.78, 5) is 2.07. The van der Waals surface area contributed by atoms with Crippen molar-refractivity contribution in [3.8, 4) is 0 Å². The molecular weight excluding hydrogens is 181 g/mol. The first-order valence-corrected chi connectivity index (χ1v) is 4.94. The second-order valence-corrected chi connectivity index (χ2v) is 3.65. The molecule has 1 heterocycles. The molecule has 76 valence electrons. The molecule has 0 saturated carbocycles. The molecule has 0 spiro atoms. The van der Waals surface area contributed by atoms with Gasteiger partial charge in [0, 0.05) is 12.2 Å². The minimum Gasteiger partial charge on any atom is -0.394 e. The number of hydrogen-bond acceptors (Lipinski definition) is 2. The molecule has 1 saturated heterocycles. The summed E-state index contributed by atoms with van der Waals surface area (Å²) in [7, 11) is 0. The van der Waals surface area contributed by atoms with Crippen LogP contribution in [0.5, 0.6) is 0 Å². The van der Waals surface area contributed by atoms with Crippen molar-refractivity contribution in [3.63, 3.8) is 0 Å². The molecule has 2 rings (SSSR count).